The number of carbonyl (C=O) groups is 2. The molecule has 1 aromatic carbocycles. The van der Waals surface area contributed by atoms with Crippen molar-refractivity contribution in [3.63, 3.8) is 0 Å². The second-order valence-corrected chi connectivity index (χ2v) is 7.20. The Balaban J connectivity index is 1.68. The number of amides is 1. The maximum Gasteiger partial charge on any atom is 0.323 e. The van der Waals surface area contributed by atoms with Gasteiger partial charge in [-0.15, -0.1) is 5.10 Å². The predicted molar refractivity (Wildman–Crippen MR) is 111 cm³/mol. The first-order chi connectivity index (χ1) is 14.4. The molecule has 0 saturated heterocycles. The summed E-state index contributed by atoms with van der Waals surface area (Å²) in [5, 5.41) is 18.0. The first kappa shape index (κ1) is 21.8. The normalized spacial score (nSPS) is 11.9. The third-order valence-corrected chi connectivity index (χ3v) is 4.55. The Hall–Kier alpha value is -2.95. The zero-order valence-electron chi connectivity index (χ0n) is 16.2. The first-order valence-electron chi connectivity index (χ1n) is 8.82. The molecule has 1 amide bonds. The van der Waals surface area contributed by atoms with E-state index < -0.39 is 12.0 Å². The zero-order chi connectivity index (χ0) is 21.7. The molecule has 3 aromatic rings. The Morgan fingerprint density at radius 2 is 2.07 bits per heavy atom. The molecule has 0 fully saturated rings. The third-order valence-electron chi connectivity index (χ3n) is 4.14. The largest absolute Gasteiger partial charge is 0.468 e. The fraction of sp³-hybridized carbons (Fsp3) is 0.278. The highest BCUT2D eigenvalue weighted by Gasteiger charge is 2.21. The average molecular weight is 452 g/mol. The van der Waals surface area contributed by atoms with Crippen LogP contribution >= 0.6 is 23.2 Å². The Bertz CT molecular complexity index is 1050. The van der Waals surface area contributed by atoms with Gasteiger partial charge in [-0.25, -0.2) is 4.68 Å². The lowest BCUT2D eigenvalue weighted by molar-refractivity contribution is -0.143. The van der Waals surface area contributed by atoms with E-state index in [1.54, 1.807) is 42.3 Å². The van der Waals surface area contributed by atoms with Crippen molar-refractivity contribution in [1.82, 2.24) is 30.1 Å². The number of carbonyl (C=O) groups excluding carboxylic acids is 2. The summed E-state index contributed by atoms with van der Waals surface area (Å²) >= 11 is 11.9. The average Bonchev–Trinajstić information content (AvgIpc) is 3.32. The molecule has 12 heteroatoms. The number of nitrogens with one attached hydrogen (secondary N) is 2. The van der Waals surface area contributed by atoms with Gasteiger partial charge in [0.15, 0.2) is 5.15 Å². The molecule has 0 aliphatic heterocycles. The number of aryl methyl sites for hydroxylation is 1. The second kappa shape index (κ2) is 9.70. The number of nitrogens with zero attached hydrogens (tertiary/aromatic N) is 5. The lowest BCUT2D eigenvalue weighted by atomic mass is 10.1. The topological polar surface area (TPSA) is 116 Å². The monoisotopic (exact) mass is 451 g/mol. The number of ether oxygens (including phenoxy) is 1. The highest BCUT2D eigenvalue weighted by Crippen LogP contribution is 2.24. The minimum atomic E-state index is -0.710. The molecule has 158 valence electrons. The molecule has 10 nitrogen and oxygen atoms in total. The maximum absolute atomic E-state index is 12.5. The number of esters is 1. The second-order valence-electron chi connectivity index (χ2n) is 6.38. The molecule has 0 spiro atoms. The van der Waals surface area contributed by atoms with E-state index in [1.807, 2.05) is 0 Å². The van der Waals surface area contributed by atoms with Crippen LogP contribution in [0.3, 0.4) is 0 Å². The summed E-state index contributed by atoms with van der Waals surface area (Å²) in [4.78, 5) is 24.6. The minimum Gasteiger partial charge on any atom is -0.468 e. The van der Waals surface area contributed by atoms with Gasteiger partial charge in [0.05, 0.1) is 37.4 Å². The van der Waals surface area contributed by atoms with E-state index in [0.717, 1.165) is 5.56 Å². The van der Waals surface area contributed by atoms with Crippen molar-refractivity contribution in [3.05, 3.63) is 52.5 Å². The fourth-order valence-electron chi connectivity index (χ4n) is 2.77. The zero-order valence-corrected chi connectivity index (χ0v) is 17.7. The van der Waals surface area contributed by atoms with Crippen LogP contribution in [0.4, 0.5) is 5.69 Å². The van der Waals surface area contributed by atoms with Gasteiger partial charge >= 0.3 is 5.97 Å². The molecule has 0 aliphatic rings. The summed E-state index contributed by atoms with van der Waals surface area (Å²) in [7, 11) is 3.07. The van der Waals surface area contributed by atoms with Crippen molar-refractivity contribution in [1.29, 1.82) is 0 Å². The van der Waals surface area contributed by atoms with Crippen LogP contribution in [0.2, 0.25) is 10.2 Å². The standard InChI is InChI=1S/C18H19Cl2N7O3/c1-26-9-11(7-22-26)5-14(18(29)30-2)21-8-17(28)23-13-6-12(19)3-4-15(13)27-10-16(20)24-25-27/h3-4,6-7,9-10,14,21H,5,8H2,1-2H3,(H,23,28). The SMILES string of the molecule is COC(=O)C(Cc1cnn(C)c1)NCC(=O)Nc1cc(Cl)ccc1-n1cc(Cl)nn1. The quantitative estimate of drug-likeness (QED) is 0.499. The number of halogens is 2. The Labute approximate surface area is 182 Å². The van der Waals surface area contributed by atoms with Crippen LogP contribution in [-0.2, 0) is 27.8 Å². The van der Waals surface area contributed by atoms with Gasteiger partial charge in [0.2, 0.25) is 5.91 Å². The van der Waals surface area contributed by atoms with Gasteiger partial charge in [-0.05, 0) is 23.8 Å². The van der Waals surface area contributed by atoms with Crippen LogP contribution in [0.1, 0.15) is 5.56 Å². The number of benzene rings is 1. The summed E-state index contributed by atoms with van der Waals surface area (Å²) in [5.41, 5.74) is 1.78. The molecule has 1 unspecified atom stereocenters. The minimum absolute atomic E-state index is 0.135. The van der Waals surface area contributed by atoms with Gasteiger partial charge in [0.25, 0.3) is 0 Å². The van der Waals surface area contributed by atoms with Crippen molar-refractivity contribution < 1.29 is 14.3 Å². The maximum atomic E-state index is 12.5. The van der Waals surface area contributed by atoms with Crippen molar-refractivity contribution in [2.45, 2.75) is 12.5 Å². The Morgan fingerprint density at radius 1 is 1.27 bits per heavy atom. The number of rotatable bonds is 8. The van der Waals surface area contributed by atoms with Gasteiger partial charge in [-0.3, -0.25) is 19.6 Å². The Kier molecular flexibility index (Phi) is 7.03. The summed E-state index contributed by atoms with van der Waals surface area (Å²) in [6.45, 7) is -0.135. The van der Waals surface area contributed by atoms with Crippen LogP contribution in [0.15, 0.2) is 36.8 Å². The molecular formula is C18H19Cl2N7O3. The highest BCUT2D eigenvalue weighted by atomic mass is 35.5. The molecule has 1 atom stereocenters. The molecular weight excluding hydrogens is 433 g/mol. The van der Waals surface area contributed by atoms with Crippen molar-refractivity contribution >= 4 is 40.8 Å². The first-order valence-corrected chi connectivity index (χ1v) is 9.57. The van der Waals surface area contributed by atoms with Crippen LogP contribution < -0.4 is 10.6 Å². The number of hydrogen-bond acceptors (Lipinski definition) is 7. The fourth-order valence-corrected chi connectivity index (χ4v) is 3.07. The number of hydrogen-bond donors (Lipinski definition) is 2. The van der Waals surface area contributed by atoms with Gasteiger partial charge < -0.3 is 10.1 Å². The smallest absolute Gasteiger partial charge is 0.323 e. The molecule has 3 rings (SSSR count). The predicted octanol–water partition coefficient (Wildman–Crippen LogP) is 1.62. The van der Waals surface area contributed by atoms with Crippen molar-refractivity contribution in [3.8, 4) is 5.69 Å². The van der Waals surface area contributed by atoms with E-state index in [1.165, 1.54) is 18.0 Å². The molecule has 0 bridgehead atoms. The summed E-state index contributed by atoms with van der Waals surface area (Å²) in [6, 6.07) is 4.20. The van der Waals surface area contributed by atoms with Crippen molar-refractivity contribution in [2.24, 2.45) is 7.05 Å². The van der Waals surface area contributed by atoms with Crippen LogP contribution in [0, 0.1) is 0 Å². The number of aromatic nitrogens is 5. The van der Waals surface area contributed by atoms with E-state index >= 15 is 0 Å². The van der Waals surface area contributed by atoms with E-state index in [0.29, 0.717) is 22.8 Å². The van der Waals surface area contributed by atoms with Gasteiger partial charge in [-0.2, -0.15) is 5.10 Å². The summed E-state index contributed by atoms with van der Waals surface area (Å²) in [5.74, 6) is -0.864. The van der Waals surface area contributed by atoms with Gasteiger partial charge in [0, 0.05) is 24.7 Å². The van der Waals surface area contributed by atoms with Gasteiger partial charge in [0.1, 0.15) is 6.04 Å². The molecule has 0 aliphatic carbocycles. The molecule has 2 heterocycles. The van der Waals surface area contributed by atoms with Crippen LogP contribution in [-0.4, -0.2) is 56.3 Å². The Morgan fingerprint density at radius 3 is 2.70 bits per heavy atom. The van der Waals surface area contributed by atoms with Crippen LogP contribution in [0.5, 0.6) is 0 Å². The molecule has 30 heavy (non-hydrogen) atoms. The van der Waals surface area contributed by atoms with E-state index in [4.69, 9.17) is 27.9 Å². The lowest BCUT2D eigenvalue weighted by Crippen LogP contribution is -2.43. The number of methoxy groups -OCH3 is 1. The van der Waals surface area contributed by atoms with Crippen LogP contribution in [0.25, 0.3) is 5.69 Å². The van der Waals surface area contributed by atoms with E-state index in [2.05, 4.69) is 26.0 Å². The third kappa shape index (κ3) is 5.56. The summed E-state index contributed by atoms with van der Waals surface area (Å²) in [6.07, 6.45) is 5.27. The highest BCUT2D eigenvalue weighted by molar-refractivity contribution is 6.31. The molecule has 2 N–H and O–H groups in total. The number of anilines is 1. The lowest BCUT2D eigenvalue weighted by Gasteiger charge is -2.16. The molecule has 0 radical (unpaired) electrons. The van der Waals surface area contributed by atoms with Crippen molar-refractivity contribution in [2.75, 3.05) is 19.0 Å². The van der Waals surface area contributed by atoms with E-state index in [-0.39, 0.29) is 17.6 Å². The van der Waals surface area contributed by atoms with Gasteiger partial charge in [-0.1, -0.05) is 28.4 Å². The summed E-state index contributed by atoms with van der Waals surface area (Å²) < 4.78 is 7.88. The molecule has 2 aromatic heterocycles. The van der Waals surface area contributed by atoms with E-state index in [9.17, 15) is 9.59 Å². The molecule has 0 saturated carbocycles.